The van der Waals surface area contributed by atoms with Crippen LogP contribution >= 0.6 is 15.9 Å². The molecule has 2 rings (SSSR count). The van der Waals surface area contributed by atoms with Crippen molar-refractivity contribution in [3.8, 4) is 0 Å². The largest absolute Gasteiger partial charge is 0.334 e. The van der Waals surface area contributed by atoms with Gasteiger partial charge in [0.1, 0.15) is 5.82 Å². The van der Waals surface area contributed by atoms with Crippen LogP contribution in [0.2, 0.25) is 0 Å². The number of benzene rings is 1. The van der Waals surface area contributed by atoms with Crippen molar-refractivity contribution in [3.05, 3.63) is 52.0 Å². The number of halogens is 1. The molecule has 4 heteroatoms. The van der Waals surface area contributed by atoms with Crippen LogP contribution in [-0.4, -0.2) is 16.1 Å². The Morgan fingerprint density at radius 2 is 2.16 bits per heavy atom. The van der Waals surface area contributed by atoms with Gasteiger partial charge in [-0.15, -0.1) is 0 Å². The van der Waals surface area contributed by atoms with Crippen molar-refractivity contribution in [3.63, 3.8) is 0 Å². The Morgan fingerprint density at radius 3 is 2.84 bits per heavy atom. The Hall–Kier alpha value is -1.13. The van der Waals surface area contributed by atoms with Crippen molar-refractivity contribution >= 4 is 15.9 Å². The van der Waals surface area contributed by atoms with Crippen LogP contribution in [0.25, 0.3) is 0 Å². The first kappa shape index (κ1) is 14.3. The molecule has 0 aliphatic carbocycles. The van der Waals surface area contributed by atoms with Crippen LogP contribution in [-0.2, 0) is 6.54 Å². The molecule has 1 aromatic heterocycles. The normalized spacial score (nSPS) is 12.6. The van der Waals surface area contributed by atoms with Gasteiger partial charge in [0.2, 0.25) is 0 Å². The Kier molecular flexibility index (Phi) is 4.77. The number of rotatable bonds is 5. The molecule has 0 aliphatic heterocycles. The van der Waals surface area contributed by atoms with E-state index in [4.69, 9.17) is 0 Å². The topological polar surface area (TPSA) is 29.9 Å². The summed E-state index contributed by atoms with van der Waals surface area (Å²) in [6.45, 7) is 8.25. The van der Waals surface area contributed by atoms with Gasteiger partial charge in [0.25, 0.3) is 0 Å². The maximum Gasteiger partial charge on any atom is 0.130 e. The lowest BCUT2D eigenvalue weighted by Gasteiger charge is -2.21. The van der Waals surface area contributed by atoms with E-state index in [0.29, 0.717) is 0 Å². The van der Waals surface area contributed by atoms with Gasteiger partial charge in [-0.05, 0) is 37.6 Å². The molecule has 102 valence electrons. The molecule has 1 aromatic carbocycles. The third kappa shape index (κ3) is 2.90. The highest BCUT2D eigenvalue weighted by molar-refractivity contribution is 9.10. The fourth-order valence-corrected chi connectivity index (χ4v) is 2.71. The summed E-state index contributed by atoms with van der Waals surface area (Å²) >= 11 is 3.61. The molecule has 2 aromatic rings. The van der Waals surface area contributed by atoms with Crippen LogP contribution < -0.4 is 5.32 Å². The highest BCUT2D eigenvalue weighted by atomic mass is 79.9. The average molecular weight is 322 g/mol. The predicted octanol–water partition coefficient (Wildman–Crippen LogP) is 3.67. The molecule has 1 atom stereocenters. The number of aryl methyl sites for hydroxylation is 1. The van der Waals surface area contributed by atoms with Gasteiger partial charge in [-0.3, -0.25) is 0 Å². The van der Waals surface area contributed by atoms with Crippen molar-refractivity contribution in [2.24, 2.45) is 0 Å². The van der Waals surface area contributed by atoms with Gasteiger partial charge < -0.3 is 9.88 Å². The van der Waals surface area contributed by atoms with Gasteiger partial charge in [-0.1, -0.05) is 35.0 Å². The fraction of sp³-hybridized carbons (Fsp3) is 0.400. The molecule has 0 bridgehead atoms. The van der Waals surface area contributed by atoms with E-state index in [0.717, 1.165) is 23.4 Å². The van der Waals surface area contributed by atoms with Gasteiger partial charge >= 0.3 is 0 Å². The average Bonchev–Trinajstić information content (AvgIpc) is 2.88. The molecular formula is C15H20BrN3. The molecule has 1 N–H and O–H groups in total. The van der Waals surface area contributed by atoms with Crippen LogP contribution in [0.15, 0.2) is 35.1 Å². The van der Waals surface area contributed by atoms with Gasteiger partial charge in [-0.25, -0.2) is 4.98 Å². The summed E-state index contributed by atoms with van der Waals surface area (Å²) in [5.41, 5.74) is 2.54. The molecule has 0 fully saturated rings. The van der Waals surface area contributed by atoms with Crippen molar-refractivity contribution in [2.45, 2.75) is 33.4 Å². The highest BCUT2D eigenvalue weighted by Crippen LogP contribution is 2.28. The molecule has 1 heterocycles. The molecule has 0 spiro atoms. The monoisotopic (exact) mass is 321 g/mol. The second kappa shape index (κ2) is 6.35. The molecule has 3 nitrogen and oxygen atoms in total. The predicted molar refractivity (Wildman–Crippen MR) is 82.3 cm³/mol. The van der Waals surface area contributed by atoms with E-state index in [-0.39, 0.29) is 6.04 Å². The van der Waals surface area contributed by atoms with Gasteiger partial charge in [-0.2, -0.15) is 0 Å². The molecule has 19 heavy (non-hydrogen) atoms. The third-order valence-electron chi connectivity index (χ3n) is 3.38. The minimum absolute atomic E-state index is 0.137. The van der Waals surface area contributed by atoms with Crippen molar-refractivity contribution in [1.29, 1.82) is 0 Å². The molecule has 1 unspecified atom stereocenters. The maximum atomic E-state index is 4.54. The minimum Gasteiger partial charge on any atom is -0.334 e. The fourth-order valence-electron chi connectivity index (χ4n) is 2.33. The summed E-state index contributed by atoms with van der Waals surface area (Å²) in [4.78, 5) is 4.54. The molecule has 0 aliphatic rings. The number of imidazole rings is 1. The quantitative estimate of drug-likeness (QED) is 0.910. The Morgan fingerprint density at radius 1 is 1.37 bits per heavy atom. The Bertz CT molecular complexity index is 548. The summed E-state index contributed by atoms with van der Waals surface area (Å²) in [5, 5.41) is 3.54. The van der Waals surface area contributed by atoms with Crippen molar-refractivity contribution < 1.29 is 0 Å². The van der Waals surface area contributed by atoms with E-state index >= 15 is 0 Å². The van der Waals surface area contributed by atoms with Crippen LogP contribution in [0, 0.1) is 6.92 Å². The number of hydrogen-bond donors (Lipinski definition) is 1. The zero-order chi connectivity index (χ0) is 13.8. The van der Waals surface area contributed by atoms with Crippen LogP contribution in [0.1, 0.15) is 36.8 Å². The van der Waals surface area contributed by atoms with Gasteiger partial charge in [0, 0.05) is 23.4 Å². The van der Waals surface area contributed by atoms with E-state index in [1.807, 2.05) is 12.4 Å². The van der Waals surface area contributed by atoms with E-state index in [9.17, 15) is 0 Å². The summed E-state index contributed by atoms with van der Waals surface area (Å²) in [6.07, 6.45) is 3.91. The summed E-state index contributed by atoms with van der Waals surface area (Å²) in [7, 11) is 0. The maximum absolute atomic E-state index is 4.54. The van der Waals surface area contributed by atoms with Gasteiger partial charge in [0.15, 0.2) is 0 Å². The molecule has 0 saturated carbocycles. The summed E-state index contributed by atoms with van der Waals surface area (Å²) in [5.74, 6) is 1.07. The summed E-state index contributed by atoms with van der Waals surface area (Å²) in [6, 6.07) is 6.46. The first-order chi connectivity index (χ1) is 9.19. The van der Waals surface area contributed by atoms with Gasteiger partial charge in [0.05, 0.1) is 6.04 Å². The van der Waals surface area contributed by atoms with Crippen LogP contribution in [0.3, 0.4) is 0 Å². The number of aromatic nitrogens is 2. The Labute approximate surface area is 123 Å². The zero-order valence-electron chi connectivity index (χ0n) is 11.7. The van der Waals surface area contributed by atoms with E-state index in [1.54, 1.807) is 0 Å². The lowest BCUT2D eigenvalue weighted by molar-refractivity contribution is 0.557. The standard InChI is InChI=1S/C15H20BrN3/c1-4-17-14(15-18-9-10-19(15)5-2)12-7-6-8-13(16)11(12)3/h6-10,14,17H,4-5H2,1-3H3. The van der Waals surface area contributed by atoms with E-state index < -0.39 is 0 Å². The second-order valence-electron chi connectivity index (χ2n) is 4.52. The number of nitrogens with one attached hydrogen (secondary N) is 1. The van der Waals surface area contributed by atoms with Crippen LogP contribution in [0.4, 0.5) is 0 Å². The summed E-state index contributed by atoms with van der Waals surface area (Å²) < 4.78 is 3.33. The van der Waals surface area contributed by atoms with Crippen LogP contribution in [0.5, 0.6) is 0 Å². The lowest BCUT2D eigenvalue weighted by atomic mass is 10.0. The lowest BCUT2D eigenvalue weighted by Crippen LogP contribution is -2.26. The van der Waals surface area contributed by atoms with Crippen molar-refractivity contribution in [2.75, 3.05) is 6.54 Å². The first-order valence-corrected chi connectivity index (χ1v) is 7.47. The second-order valence-corrected chi connectivity index (χ2v) is 5.37. The zero-order valence-corrected chi connectivity index (χ0v) is 13.2. The highest BCUT2D eigenvalue weighted by Gasteiger charge is 2.20. The molecule has 0 saturated heterocycles. The third-order valence-corrected chi connectivity index (χ3v) is 4.23. The molecule has 0 amide bonds. The first-order valence-electron chi connectivity index (χ1n) is 6.68. The van der Waals surface area contributed by atoms with E-state index in [1.165, 1.54) is 11.1 Å². The SMILES string of the molecule is CCNC(c1cccc(Br)c1C)c1nccn1CC. The minimum atomic E-state index is 0.137. The van der Waals surface area contributed by atoms with Crippen molar-refractivity contribution in [1.82, 2.24) is 14.9 Å². The molecule has 0 radical (unpaired) electrons. The molecular weight excluding hydrogens is 302 g/mol. The smallest absolute Gasteiger partial charge is 0.130 e. The van der Waals surface area contributed by atoms with E-state index in [2.05, 4.69) is 69.8 Å². The number of hydrogen-bond acceptors (Lipinski definition) is 2. The number of nitrogens with zero attached hydrogens (tertiary/aromatic N) is 2. The Balaban J connectivity index is 2.48.